The summed E-state index contributed by atoms with van der Waals surface area (Å²) in [5.74, 6) is 1.43. The number of Topliss-reactive ketones (excluding diaryl/α,β-unsaturated/α-hetero) is 1. The lowest BCUT2D eigenvalue weighted by Crippen LogP contribution is -2.66. The van der Waals surface area contributed by atoms with Gasteiger partial charge in [-0.1, -0.05) is 102 Å². The number of carbonyl (C=O) groups is 3. The summed E-state index contributed by atoms with van der Waals surface area (Å²) in [6.07, 6.45) is 6.99. The van der Waals surface area contributed by atoms with Crippen molar-refractivity contribution in [1.82, 2.24) is 30.0 Å². The number of benzene rings is 3. The maximum atomic E-state index is 14.5. The van der Waals surface area contributed by atoms with Crippen molar-refractivity contribution in [2.75, 3.05) is 24.5 Å². The number of amides is 2. The summed E-state index contributed by atoms with van der Waals surface area (Å²) in [4.78, 5) is 56.1. The van der Waals surface area contributed by atoms with Crippen molar-refractivity contribution in [3.8, 4) is 33.4 Å². The number of nitrogens with one attached hydrogen (secondary N) is 1. The second-order valence-electron chi connectivity index (χ2n) is 21.9. The molecule has 0 spiro atoms. The molecular formula is C58H65ClN8O5S. The van der Waals surface area contributed by atoms with Crippen molar-refractivity contribution in [3.05, 3.63) is 136 Å². The van der Waals surface area contributed by atoms with E-state index in [1.807, 2.05) is 88.1 Å². The molecule has 3 fully saturated rings. The van der Waals surface area contributed by atoms with Crippen LogP contribution in [0.5, 0.6) is 5.75 Å². The minimum Gasteiger partial charge on any atom is -0.489 e. The minimum atomic E-state index is -0.820. The van der Waals surface area contributed by atoms with E-state index in [1.165, 1.54) is 10.5 Å². The molecule has 1 aliphatic carbocycles. The fraction of sp³-hybridized carbons (Fsp3) is 0.431. The normalized spacial score (nSPS) is 21.9. The number of likely N-dealkylation sites (tertiary alicyclic amines) is 1. The van der Waals surface area contributed by atoms with Crippen LogP contribution in [0.15, 0.2) is 103 Å². The van der Waals surface area contributed by atoms with Gasteiger partial charge < -0.3 is 25.0 Å². The number of nitrogens with zero attached hydrogens (tertiary/aromatic N) is 7. The first kappa shape index (κ1) is 51.5. The van der Waals surface area contributed by atoms with E-state index in [0.29, 0.717) is 34.2 Å². The first-order valence-corrected chi connectivity index (χ1v) is 26.6. The van der Waals surface area contributed by atoms with Crippen LogP contribution in [0.1, 0.15) is 113 Å². The SMILES string of the molecule is Cc1ncsc1-c1ccc([C@H](C)NC(=O)[C@@H]2C[C@@H](O)CN2C(=O)[C@H](C(C)C)n2cc(-c3ccnc(N4CCC(Cc5ccc(C(=O)CC6C(C)(C)C(Oc7ccc(C#N)c(Cl)c7)C6(C)C)cc5)C4)c3)cn2)cc1. The topological polar surface area (TPSA) is 167 Å². The highest BCUT2D eigenvalue weighted by Crippen LogP contribution is 2.62. The van der Waals surface area contributed by atoms with Crippen LogP contribution in [-0.2, 0) is 16.0 Å². The Morgan fingerprint density at radius 1 is 0.945 bits per heavy atom. The van der Waals surface area contributed by atoms with Crippen LogP contribution in [0.4, 0.5) is 5.82 Å². The number of thiazole rings is 1. The number of aliphatic hydroxyl groups excluding tert-OH is 1. The van der Waals surface area contributed by atoms with Gasteiger partial charge in [0.15, 0.2) is 5.78 Å². The second-order valence-corrected chi connectivity index (χ2v) is 23.2. The number of pyridine rings is 1. The minimum absolute atomic E-state index is 0.0665. The van der Waals surface area contributed by atoms with Crippen molar-refractivity contribution in [2.24, 2.45) is 28.6 Å². The third kappa shape index (κ3) is 10.5. The zero-order chi connectivity index (χ0) is 51.9. The molecule has 3 aromatic heterocycles. The van der Waals surface area contributed by atoms with Gasteiger partial charge in [-0.25, -0.2) is 9.97 Å². The smallest absolute Gasteiger partial charge is 0.248 e. The van der Waals surface area contributed by atoms with E-state index in [0.717, 1.165) is 64.6 Å². The lowest BCUT2D eigenvalue weighted by atomic mass is 9.44. The third-order valence-electron chi connectivity index (χ3n) is 15.8. The maximum Gasteiger partial charge on any atom is 0.248 e. The van der Waals surface area contributed by atoms with E-state index in [4.69, 9.17) is 26.4 Å². The number of rotatable bonds is 16. The van der Waals surface area contributed by atoms with Gasteiger partial charge in [-0.15, -0.1) is 11.3 Å². The van der Waals surface area contributed by atoms with Crippen LogP contribution < -0.4 is 15.0 Å². The molecule has 2 aliphatic heterocycles. The van der Waals surface area contributed by atoms with Gasteiger partial charge in [0.1, 0.15) is 35.8 Å². The average molecular weight is 1020 g/mol. The van der Waals surface area contributed by atoms with Gasteiger partial charge in [0.2, 0.25) is 11.8 Å². The number of ketones is 1. The van der Waals surface area contributed by atoms with Crippen molar-refractivity contribution in [3.63, 3.8) is 0 Å². The molecule has 380 valence electrons. The molecular weight excluding hydrogens is 956 g/mol. The van der Waals surface area contributed by atoms with Crippen LogP contribution in [0.25, 0.3) is 21.6 Å². The summed E-state index contributed by atoms with van der Waals surface area (Å²) >= 11 is 7.89. The Morgan fingerprint density at radius 2 is 1.68 bits per heavy atom. The largest absolute Gasteiger partial charge is 0.489 e. The Balaban J connectivity index is 0.789. The average Bonchev–Trinajstić information content (AvgIpc) is 4.21. The Labute approximate surface area is 437 Å². The van der Waals surface area contributed by atoms with E-state index in [9.17, 15) is 24.8 Å². The van der Waals surface area contributed by atoms with Crippen LogP contribution >= 0.6 is 22.9 Å². The molecule has 6 aromatic rings. The standard InChI is InChI=1S/C58H65ClN8O5S/c1-34(2)52(55(71)66-32-45(68)25-48(66)54(70)64-35(3)39-13-15-41(16-14-39)53-36(4)62-33-73-53)67-31-44(29-63-67)42-19-21-61-51(24-42)65-22-20-38(30-65)23-37-9-11-40(12-10-37)49(69)27-50-57(5,6)56(58(50,7)8)72-46-18-17-43(28-60)47(59)26-46/h9-19,21,24,26,29,31,33-35,38,45,48,50,52,56,68H,20,22-23,25,27,30,32H2,1-8H3,(H,64,70)/t35-,38?,45+,48-,50?,52-,56?/m0/s1. The highest BCUT2D eigenvalue weighted by atomic mass is 35.5. The monoisotopic (exact) mass is 1020 g/mol. The van der Waals surface area contributed by atoms with Crippen LogP contribution in [0.3, 0.4) is 0 Å². The summed E-state index contributed by atoms with van der Waals surface area (Å²) in [5.41, 5.74) is 8.40. The molecule has 2 saturated heterocycles. The van der Waals surface area contributed by atoms with E-state index < -0.39 is 18.2 Å². The number of anilines is 1. The third-order valence-corrected chi connectivity index (χ3v) is 17.0. The zero-order valence-corrected chi connectivity index (χ0v) is 44.5. The highest BCUT2D eigenvalue weighted by Gasteiger charge is 2.63. The first-order valence-electron chi connectivity index (χ1n) is 25.4. The number of β-amino-alcohol motifs (C(OH)–C–C–N with tert-alkyl or cyclic N) is 1. The number of halogens is 1. The molecule has 5 heterocycles. The molecule has 2 N–H and O–H groups in total. The second kappa shape index (κ2) is 20.8. The van der Waals surface area contributed by atoms with Crippen LogP contribution in [0.2, 0.25) is 5.02 Å². The molecule has 13 nitrogen and oxygen atoms in total. The summed E-state index contributed by atoms with van der Waals surface area (Å²) in [7, 11) is 0. The molecule has 1 saturated carbocycles. The summed E-state index contributed by atoms with van der Waals surface area (Å²) in [6.45, 7) is 18.3. The molecule has 0 bridgehead atoms. The van der Waals surface area contributed by atoms with E-state index in [-0.39, 0.29) is 65.4 Å². The van der Waals surface area contributed by atoms with E-state index in [1.54, 1.807) is 40.4 Å². The lowest BCUT2D eigenvalue weighted by Gasteiger charge is -2.63. The Hall–Kier alpha value is -6.40. The van der Waals surface area contributed by atoms with Crippen molar-refractivity contribution in [2.45, 2.75) is 111 Å². The van der Waals surface area contributed by atoms with Crippen molar-refractivity contribution >= 4 is 46.4 Å². The Bertz CT molecular complexity index is 3020. The van der Waals surface area contributed by atoms with Gasteiger partial charge in [-0.3, -0.25) is 19.1 Å². The molecule has 3 aromatic carbocycles. The quantitative estimate of drug-likeness (QED) is 0.0891. The number of hydrogen-bond acceptors (Lipinski definition) is 11. The van der Waals surface area contributed by atoms with E-state index >= 15 is 0 Å². The summed E-state index contributed by atoms with van der Waals surface area (Å²) in [6, 6.07) is 25.6. The molecule has 1 unspecified atom stereocenters. The lowest BCUT2D eigenvalue weighted by molar-refractivity contribution is -0.196. The number of aromatic nitrogens is 4. The zero-order valence-electron chi connectivity index (χ0n) is 42.9. The van der Waals surface area contributed by atoms with Gasteiger partial charge in [-0.05, 0) is 91.0 Å². The van der Waals surface area contributed by atoms with Crippen LogP contribution in [-0.4, -0.2) is 85.2 Å². The highest BCUT2D eigenvalue weighted by molar-refractivity contribution is 7.13. The molecule has 3 aliphatic rings. The molecule has 15 heteroatoms. The Kier molecular flexibility index (Phi) is 14.7. The van der Waals surface area contributed by atoms with Crippen molar-refractivity contribution < 1.29 is 24.2 Å². The Morgan fingerprint density at radius 3 is 2.36 bits per heavy atom. The molecule has 73 heavy (non-hydrogen) atoms. The summed E-state index contributed by atoms with van der Waals surface area (Å²) in [5, 5.41) is 28.3. The van der Waals surface area contributed by atoms with Gasteiger partial charge in [-0.2, -0.15) is 10.4 Å². The molecule has 5 atom stereocenters. The van der Waals surface area contributed by atoms with Gasteiger partial charge in [0.25, 0.3) is 0 Å². The predicted octanol–water partition coefficient (Wildman–Crippen LogP) is 10.7. The fourth-order valence-corrected chi connectivity index (χ4v) is 13.0. The van der Waals surface area contributed by atoms with Gasteiger partial charge >= 0.3 is 0 Å². The molecule has 9 rings (SSSR count). The number of aryl methyl sites for hydroxylation is 1. The molecule has 2 amide bonds. The maximum absolute atomic E-state index is 14.5. The number of nitriles is 1. The molecule has 0 radical (unpaired) electrons. The fourth-order valence-electron chi connectivity index (χ4n) is 12.0. The summed E-state index contributed by atoms with van der Waals surface area (Å²) < 4.78 is 8.14. The van der Waals surface area contributed by atoms with Gasteiger partial charge in [0, 0.05) is 72.9 Å². The number of carbonyl (C=O) groups excluding carboxylic acids is 3. The van der Waals surface area contributed by atoms with E-state index in [2.05, 4.69) is 67.2 Å². The van der Waals surface area contributed by atoms with Crippen LogP contribution in [0, 0.1) is 46.8 Å². The van der Waals surface area contributed by atoms with Crippen molar-refractivity contribution in [1.29, 1.82) is 5.26 Å². The number of hydrogen-bond donors (Lipinski definition) is 2. The predicted molar refractivity (Wildman–Crippen MR) is 285 cm³/mol. The first-order chi connectivity index (χ1) is 34.8. The number of aliphatic hydroxyl groups is 1. The van der Waals surface area contributed by atoms with Gasteiger partial charge in [0.05, 0.1) is 45.0 Å². The number of ether oxygens (including phenoxy) is 1.